The molecular formula is C20H19FN2OS. The summed E-state index contributed by atoms with van der Waals surface area (Å²) in [7, 11) is 3.67. The summed E-state index contributed by atoms with van der Waals surface area (Å²) < 4.78 is 21.7. The van der Waals surface area contributed by atoms with Gasteiger partial charge in [-0.15, -0.1) is 0 Å². The zero-order chi connectivity index (χ0) is 17.4. The van der Waals surface area contributed by atoms with Gasteiger partial charge < -0.3 is 9.30 Å². The molecular weight excluding hydrogens is 335 g/mol. The van der Waals surface area contributed by atoms with E-state index in [-0.39, 0.29) is 5.82 Å². The number of ether oxygens (including phenoxy) is 1. The molecule has 0 aliphatic heterocycles. The molecule has 1 fully saturated rings. The molecule has 0 radical (unpaired) electrons. The minimum absolute atomic E-state index is 0.178. The molecule has 25 heavy (non-hydrogen) atoms. The van der Waals surface area contributed by atoms with Crippen molar-refractivity contribution >= 4 is 17.0 Å². The largest absolute Gasteiger partial charge is 0.497 e. The van der Waals surface area contributed by atoms with Gasteiger partial charge in [0, 0.05) is 24.2 Å². The van der Waals surface area contributed by atoms with Gasteiger partial charge in [-0.25, -0.2) is 9.38 Å². The van der Waals surface area contributed by atoms with Gasteiger partial charge in [0.25, 0.3) is 0 Å². The quantitative estimate of drug-likeness (QED) is 0.647. The Morgan fingerprint density at radius 1 is 1.12 bits per heavy atom. The maximum absolute atomic E-state index is 14.3. The monoisotopic (exact) mass is 354 g/mol. The van der Waals surface area contributed by atoms with Gasteiger partial charge in [-0.05, 0) is 43.2 Å². The molecule has 3 nitrogen and oxygen atoms in total. The van der Waals surface area contributed by atoms with Gasteiger partial charge in [0.2, 0.25) is 0 Å². The maximum atomic E-state index is 14.3. The molecule has 1 aliphatic rings. The van der Waals surface area contributed by atoms with Crippen LogP contribution in [-0.4, -0.2) is 11.7 Å². The van der Waals surface area contributed by atoms with Crippen LogP contribution in [0.15, 0.2) is 53.5 Å². The lowest BCUT2D eigenvalue weighted by atomic mass is 10.1. The molecule has 1 saturated carbocycles. The van der Waals surface area contributed by atoms with Gasteiger partial charge in [0.05, 0.1) is 17.7 Å². The van der Waals surface area contributed by atoms with Gasteiger partial charge >= 0.3 is 0 Å². The Morgan fingerprint density at radius 3 is 2.48 bits per heavy atom. The van der Waals surface area contributed by atoms with Crippen LogP contribution in [0.1, 0.15) is 24.5 Å². The average molecular weight is 354 g/mol. The van der Waals surface area contributed by atoms with E-state index in [0.29, 0.717) is 11.5 Å². The first-order valence-electron chi connectivity index (χ1n) is 8.31. The highest BCUT2D eigenvalue weighted by Gasteiger charge is 2.31. The standard InChI is InChI=1S/C20H19FN2OS/c1-23-18(13-7-8-13)19(16-5-3-4-6-17(16)21)25-20(23)22-14-9-11-15(24-2)12-10-14/h3-6,9-13H,7-8H2,1-2H3. The topological polar surface area (TPSA) is 26.5 Å². The van der Waals surface area contributed by atoms with E-state index < -0.39 is 0 Å². The van der Waals surface area contributed by atoms with Crippen molar-refractivity contribution in [1.29, 1.82) is 0 Å². The highest BCUT2D eigenvalue weighted by Crippen LogP contribution is 2.45. The Labute approximate surface area is 150 Å². The molecule has 0 spiro atoms. The first-order chi connectivity index (χ1) is 12.2. The predicted molar refractivity (Wildman–Crippen MR) is 98.9 cm³/mol. The lowest BCUT2D eigenvalue weighted by molar-refractivity contribution is 0.415. The molecule has 0 N–H and O–H groups in total. The lowest BCUT2D eigenvalue weighted by Crippen LogP contribution is -2.12. The van der Waals surface area contributed by atoms with Crippen LogP contribution >= 0.6 is 11.3 Å². The van der Waals surface area contributed by atoms with Gasteiger partial charge in [0.15, 0.2) is 4.80 Å². The smallest absolute Gasteiger partial charge is 0.190 e. The normalized spacial score (nSPS) is 14.8. The van der Waals surface area contributed by atoms with Crippen molar-refractivity contribution in [3.8, 4) is 16.2 Å². The highest BCUT2D eigenvalue weighted by molar-refractivity contribution is 7.13. The molecule has 1 aromatic heterocycles. The Kier molecular flexibility index (Phi) is 4.17. The summed E-state index contributed by atoms with van der Waals surface area (Å²) in [5.74, 6) is 1.14. The predicted octanol–water partition coefficient (Wildman–Crippen LogP) is 5.01. The summed E-state index contributed by atoms with van der Waals surface area (Å²) in [4.78, 5) is 6.64. The summed E-state index contributed by atoms with van der Waals surface area (Å²) in [6, 6.07) is 14.6. The Hall–Kier alpha value is -2.40. The van der Waals surface area contributed by atoms with Crippen LogP contribution in [0, 0.1) is 5.82 Å². The minimum atomic E-state index is -0.178. The third kappa shape index (κ3) is 3.12. The SMILES string of the molecule is COc1ccc(N=c2sc(-c3ccccc3F)c(C3CC3)n2C)cc1. The van der Waals surface area contributed by atoms with E-state index in [1.807, 2.05) is 43.4 Å². The van der Waals surface area contributed by atoms with E-state index in [0.717, 1.165) is 34.0 Å². The first kappa shape index (κ1) is 16.1. The molecule has 0 amide bonds. The fourth-order valence-electron chi connectivity index (χ4n) is 2.99. The highest BCUT2D eigenvalue weighted by atomic mass is 32.1. The van der Waals surface area contributed by atoms with E-state index in [4.69, 9.17) is 9.73 Å². The fourth-order valence-corrected chi connectivity index (χ4v) is 4.24. The van der Waals surface area contributed by atoms with Crippen LogP contribution in [-0.2, 0) is 7.05 Å². The van der Waals surface area contributed by atoms with E-state index in [1.54, 1.807) is 24.5 Å². The van der Waals surface area contributed by atoms with Gasteiger partial charge in [0.1, 0.15) is 11.6 Å². The van der Waals surface area contributed by atoms with E-state index >= 15 is 0 Å². The molecule has 0 atom stereocenters. The number of halogens is 1. The fraction of sp³-hybridized carbons (Fsp3) is 0.250. The molecule has 1 aliphatic carbocycles. The van der Waals surface area contributed by atoms with Crippen molar-refractivity contribution < 1.29 is 9.13 Å². The molecule has 1 heterocycles. The van der Waals surface area contributed by atoms with Crippen LogP contribution < -0.4 is 9.54 Å². The second kappa shape index (κ2) is 6.48. The van der Waals surface area contributed by atoms with Crippen molar-refractivity contribution in [3.63, 3.8) is 0 Å². The lowest BCUT2D eigenvalue weighted by Gasteiger charge is -2.06. The van der Waals surface area contributed by atoms with Crippen LogP contribution in [0.25, 0.3) is 10.4 Å². The second-order valence-corrected chi connectivity index (χ2v) is 7.20. The van der Waals surface area contributed by atoms with Crippen LogP contribution in [0.5, 0.6) is 5.75 Å². The molecule has 3 aromatic rings. The zero-order valence-corrected chi connectivity index (χ0v) is 15.0. The Bertz CT molecular complexity index is 968. The van der Waals surface area contributed by atoms with E-state index in [1.165, 1.54) is 11.8 Å². The second-order valence-electron chi connectivity index (χ2n) is 6.22. The van der Waals surface area contributed by atoms with Crippen molar-refractivity contribution in [2.75, 3.05) is 7.11 Å². The average Bonchev–Trinajstić information content (AvgIpc) is 3.41. The summed E-state index contributed by atoms with van der Waals surface area (Å²) in [6.45, 7) is 0. The first-order valence-corrected chi connectivity index (χ1v) is 9.12. The van der Waals surface area contributed by atoms with E-state index in [2.05, 4.69) is 4.57 Å². The third-order valence-corrected chi connectivity index (χ3v) is 5.63. The Balaban J connectivity index is 1.85. The van der Waals surface area contributed by atoms with Crippen LogP contribution in [0.3, 0.4) is 0 Å². The number of nitrogens with zero attached hydrogens (tertiary/aromatic N) is 2. The van der Waals surface area contributed by atoms with E-state index in [9.17, 15) is 4.39 Å². The number of benzene rings is 2. The van der Waals surface area contributed by atoms with Gasteiger partial charge in [-0.1, -0.05) is 29.5 Å². The van der Waals surface area contributed by atoms with Crippen molar-refractivity contribution in [2.24, 2.45) is 12.0 Å². The molecule has 128 valence electrons. The van der Waals surface area contributed by atoms with Crippen molar-refractivity contribution in [2.45, 2.75) is 18.8 Å². The summed E-state index contributed by atoms with van der Waals surface area (Å²) >= 11 is 1.55. The molecule has 2 aromatic carbocycles. The summed E-state index contributed by atoms with van der Waals surface area (Å²) in [5, 5.41) is 0. The van der Waals surface area contributed by atoms with Gasteiger partial charge in [-0.3, -0.25) is 0 Å². The number of aromatic nitrogens is 1. The molecule has 4 rings (SSSR count). The Morgan fingerprint density at radius 2 is 1.84 bits per heavy atom. The third-order valence-electron chi connectivity index (χ3n) is 4.45. The number of hydrogen-bond acceptors (Lipinski definition) is 3. The number of methoxy groups -OCH3 is 1. The molecule has 0 unspecified atom stereocenters. The number of rotatable bonds is 4. The van der Waals surface area contributed by atoms with Gasteiger partial charge in [-0.2, -0.15) is 0 Å². The van der Waals surface area contributed by atoms with Crippen LogP contribution in [0.4, 0.5) is 10.1 Å². The molecule has 5 heteroatoms. The summed E-state index contributed by atoms with van der Waals surface area (Å²) in [5.41, 5.74) is 2.73. The number of thiazole rings is 1. The van der Waals surface area contributed by atoms with Crippen molar-refractivity contribution in [1.82, 2.24) is 4.57 Å². The minimum Gasteiger partial charge on any atom is -0.497 e. The van der Waals surface area contributed by atoms with Crippen molar-refractivity contribution in [3.05, 3.63) is 64.8 Å². The maximum Gasteiger partial charge on any atom is 0.190 e. The molecule has 0 saturated heterocycles. The summed E-state index contributed by atoms with van der Waals surface area (Å²) in [6.07, 6.45) is 2.32. The van der Waals surface area contributed by atoms with Crippen LogP contribution in [0.2, 0.25) is 0 Å². The zero-order valence-electron chi connectivity index (χ0n) is 14.2. The molecule has 0 bridgehead atoms. The number of hydrogen-bond donors (Lipinski definition) is 0.